The van der Waals surface area contributed by atoms with Gasteiger partial charge in [-0.1, -0.05) is 45.9 Å². The average Bonchev–Trinajstić information content (AvgIpc) is 2.85. The quantitative estimate of drug-likeness (QED) is 0.548. The predicted molar refractivity (Wildman–Crippen MR) is 139 cm³/mol. The normalized spacial score (nSPS) is 14.6. The van der Waals surface area contributed by atoms with Gasteiger partial charge in [0.25, 0.3) is 11.5 Å². The third kappa shape index (κ3) is 5.24. The van der Waals surface area contributed by atoms with Gasteiger partial charge >= 0.3 is 5.69 Å². The Morgan fingerprint density at radius 3 is 2.36 bits per heavy atom. The van der Waals surface area contributed by atoms with Crippen LogP contribution in [0.1, 0.15) is 62.5 Å². The van der Waals surface area contributed by atoms with E-state index >= 15 is 0 Å². The third-order valence-corrected chi connectivity index (χ3v) is 6.53. The number of aromatic amines is 1. The number of carbonyl (C=O) groups is 2. The number of nitrogens with zero attached hydrogens (tertiary/aromatic N) is 3. The Morgan fingerprint density at radius 1 is 1.08 bits per heavy atom. The molecule has 190 valence electrons. The number of amides is 2. The molecule has 0 radical (unpaired) electrons. The van der Waals surface area contributed by atoms with Crippen LogP contribution in [0.25, 0.3) is 11.0 Å². The molecule has 1 aliphatic heterocycles. The largest absolute Gasteiger partial charge is 0.339 e. The van der Waals surface area contributed by atoms with Crippen molar-refractivity contribution in [2.75, 3.05) is 18.4 Å². The molecule has 0 aliphatic carbocycles. The van der Waals surface area contributed by atoms with Crippen LogP contribution >= 0.6 is 0 Å². The topological polar surface area (TPSA) is 117 Å². The van der Waals surface area contributed by atoms with Crippen LogP contribution in [0.3, 0.4) is 0 Å². The number of benzene rings is 1. The number of nitrogens with one attached hydrogen (secondary N) is 2. The molecule has 0 spiro atoms. The number of likely N-dealkylation sites (tertiary alicyclic amines) is 1. The minimum atomic E-state index is -0.613. The highest BCUT2D eigenvalue weighted by Gasteiger charge is 2.30. The van der Waals surface area contributed by atoms with Crippen LogP contribution in [0.15, 0.2) is 46.0 Å². The van der Waals surface area contributed by atoms with Gasteiger partial charge in [-0.3, -0.25) is 23.9 Å². The number of carbonyl (C=O) groups excluding carboxylic acids is 2. The first-order valence-corrected chi connectivity index (χ1v) is 12.5. The zero-order valence-corrected chi connectivity index (χ0v) is 21.2. The van der Waals surface area contributed by atoms with Crippen LogP contribution < -0.4 is 16.6 Å². The Hall–Kier alpha value is -3.75. The van der Waals surface area contributed by atoms with Crippen LogP contribution in [0.5, 0.6) is 0 Å². The Labute approximate surface area is 209 Å². The standard InChI is InChI=1S/C27H33N5O4/c1-16(2)15-32-23-22(25(34)30-27(32)36)20(14-21(29-23)17(3)4)26(35)31-12-10-18(11-13-31)24(33)28-19-8-6-5-7-9-19/h5-9,14,16-18H,10-13,15H2,1-4H3,(H,28,33)(H,30,34,36). The summed E-state index contributed by atoms with van der Waals surface area (Å²) in [5.74, 6) is -0.406. The van der Waals surface area contributed by atoms with Gasteiger partial charge in [-0.05, 0) is 42.9 Å². The first-order chi connectivity index (χ1) is 17.2. The van der Waals surface area contributed by atoms with E-state index in [4.69, 9.17) is 0 Å². The summed E-state index contributed by atoms with van der Waals surface area (Å²) in [5, 5.41) is 3.07. The van der Waals surface area contributed by atoms with E-state index in [9.17, 15) is 19.2 Å². The Morgan fingerprint density at radius 2 is 1.75 bits per heavy atom. The second kappa shape index (κ2) is 10.5. The minimum absolute atomic E-state index is 0.00439. The van der Waals surface area contributed by atoms with Gasteiger partial charge in [0.1, 0.15) is 0 Å². The molecule has 1 fully saturated rings. The first-order valence-electron chi connectivity index (χ1n) is 12.5. The van der Waals surface area contributed by atoms with Crippen LogP contribution in [0.4, 0.5) is 5.69 Å². The van der Waals surface area contributed by atoms with E-state index in [1.165, 1.54) is 4.57 Å². The molecule has 1 saturated heterocycles. The monoisotopic (exact) mass is 491 g/mol. The molecule has 2 N–H and O–H groups in total. The number of pyridine rings is 1. The summed E-state index contributed by atoms with van der Waals surface area (Å²) in [6.45, 7) is 9.02. The summed E-state index contributed by atoms with van der Waals surface area (Å²) in [4.78, 5) is 60.6. The number of aromatic nitrogens is 3. The lowest BCUT2D eigenvalue weighted by atomic mass is 9.95. The molecule has 0 atom stereocenters. The minimum Gasteiger partial charge on any atom is -0.339 e. The van der Waals surface area contributed by atoms with Crippen molar-refractivity contribution in [3.63, 3.8) is 0 Å². The first kappa shape index (κ1) is 25.3. The van der Waals surface area contributed by atoms with E-state index in [1.54, 1.807) is 11.0 Å². The average molecular weight is 492 g/mol. The molecule has 1 aromatic carbocycles. The van der Waals surface area contributed by atoms with Crippen molar-refractivity contribution in [2.24, 2.45) is 11.8 Å². The van der Waals surface area contributed by atoms with E-state index in [0.717, 1.165) is 5.69 Å². The zero-order valence-electron chi connectivity index (χ0n) is 21.2. The van der Waals surface area contributed by atoms with E-state index in [2.05, 4.69) is 15.3 Å². The molecule has 36 heavy (non-hydrogen) atoms. The smallest absolute Gasteiger partial charge is 0.330 e. The maximum Gasteiger partial charge on any atom is 0.330 e. The summed E-state index contributed by atoms with van der Waals surface area (Å²) in [6, 6.07) is 11.0. The molecule has 3 heterocycles. The maximum atomic E-state index is 13.7. The highest BCUT2D eigenvalue weighted by Crippen LogP contribution is 2.25. The number of fused-ring (bicyclic) bond motifs is 1. The molecule has 4 rings (SSSR count). The van der Waals surface area contributed by atoms with Gasteiger partial charge < -0.3 is 10.2 Å². The summed E-state index contributed by atoms with van der Waals surface area (Å²) < 4.78 is 1.45. The van der Waals surface area contributed by atoms with Crippen molar-refractivity contribution in [2.45, 2.75) is 53.0 Å². The van der Waals surface area contributed by atoms with E-state index in [-0.39, 0.29) is 46.2 Å². The summed E-state index contributed by atoms with van der Waals surface area (Å²) in [7, 11) is 0. The Kier molecular flexibility index (Phi) is 7.37. The van der Waals surface area contributed by atoms with E-state index in [0.29, 0.717) is 38.2 Å². The molecule has 0 unspecified atom stereocenters. The number of piperidine rings is 1. The summed E-state index contributed by atoms with van der Waals surface area (Å²) in [6.07, 6.45) is 1.05. The number of hydrogen-bond acceptors (Lipinski definition) is 5. The Bertz CT molecular complexity index is 1380. The molecule has 2 aromatic heterocycles. The lowest BCUT2D eigenvalue weighted by Crippen LogP contribution is -2.42. The van der Waals surface area contributed by atoms with E-state index < -0.39 is 11.2 Å². The van der Waals surface area contributed by atoms with Crippen molar-refractivity contribution in [1.29, 1.82) is 0 Å². The summed E-state index contributed by atoms with van der Waals surface area (Å²) in [5.41, 5.74) is 0.734. The molecule has 2 amide bonds. The molecule has 9 nitrogen and oxygen atoms in total. The van der Waals surface area contributed by atoms with Gasteiger partial charge in [0, 0.05) is 36.9 Å². The van der Waals surface area contributed by atoms with Crippen molar-refractivity contribution >= 4 is 28.5 Å². The van der Waals surface area contributed by atoms with Crippen LogP contribution in [0.2, 0.25) is 0 Å². The number of anilines is 1. The second-order valence-electron chi connectivity index (χ2n) is 10.1. The highest BCUT2D eigenvalue weighted by molar-refractivity contribution is 6.05. The van der Waals surface area contributed by atoms with Crippen molar-refractivity contribution in [3.05, 3.63) is 68.5 Å². The van der Waals surface area contributed by atoms with Crippen molar-refractivity contribution < 1.29 is 9.59 Å². The van der Waals surface area contributed by atoms with Gasteiger partial charge in [-0.2, -0.15) is 0 Å². The molecule has 0 saturated carbocycles. The summed E-state index contributed by atoms with van der Waals surface area (Å²) >= 11 is 0. The third-order valence-electron chi connectivity index (χ3n) is 6.53. The van der Waals surface area contributed by atoms with Crippen LogP contribution in [0, 0.1) is 11.8 Å². The molecule has 9 heteroatoms. The van der Waals surface area contributed by atoms with E-state index in [1.807, 2.05) is 58.0 Å². The molecular formula is C27H33N5O4. The highest BCUT2D eigenvalue weighted by atomic mass is 16.2. The second-order valence-corrected chi connectivity index (χ2v) is 10.1. The SMILES string of the molecule is CC(C)Cn1c(=O)[nH]c(=O)c2c(C(=O)N3CCC(C(=O)Nc4ccccc4)CC3)cc(C(C)C)nc21. The fraction of sp³-hybridized carbons (Fsp3) is 0.444. The number of rotatable bonds is 6. The number of para-hydroxylation sites is 1. The predicted octanol–water partition coefficient (Wildman–Crippen LogP) is 3.36. The lowest BCUT2D eigenvalue weighted by Gasteiger charge is -2.31. The number of hydrogen-bond donors (Lipinski definition) is 2. The molecule has 3 aromatic rings. The fourth-order valence-electron chi connectivity index (χ4n) is 4.57. The van der Waals surface area contributed by atoms with Gasteiger partial charge in [-0.25, -0.2) is 9.78 Å². The van der Waals surface area contributed by atoms with Crippen molar-refractivity contribution in [1.82, 2.24) is 19.4 Å². The van der Waals surface area contributed by atoms with Gasteiger partial charge in [0.15, 0.2) is 5.65 Å². The Balaban J connectivity index is 1.63. The van der Waals surface area contributed by atoms with Crippen LogP contribution in [-0.2, 0) is 11.3 Å². The van der Waals surface area contributed by atoms with Gasteiger partial charge in [-0.15, -0.1) is 0 Å². The molecular weight excluding hydrogens is 458 g/mol. The van der Waals surface area contributed by atoms with Crippen LogP contribution in [-0.4, -0.2) is 44.3 Å². The lowest BCUT2D eigenvalue weighted by molar-refractivity contribution is -0.121. The molecule has 0 bridgehead atoms. The fourth-order valence-corrected chi connectivity index (χ4v) is 4.57. The molecule has 1 aliphatic rings. The van der Waals surface area contributed by atoms with Gasteiger partial charge in [0.05, 0.1) is 10.9 Å². The zero-order chi connectivity index (χ0) is 26.0. The maximum absolute atomic E-state index is 13.7. The number of H-pyrrole nitrogens is 1. The van der Waals surface area contributed by atoms with Gasteiger partial charge in [0.2, 0.25) is 5.91 Å². The van der Waals surface area contributed by atoms with Crippen molar-refractivity contribution in [3.8, 4) is 0 Å².